The number of allylic oxidation sites excluding steroid dienone is 1. The highest BCUT2D eigenvalue weighted by Gasteiger charge is 2.33. The van der Waals surface area contributed by atoms with E-state index in [0.717, 1.165) is 21.9 Å². The van der Waals surface area contributed by atoms with Gasteiger partial charge in [-0.3, -0.25) is 9.36 Å². The largest absolute Gasteiger partial charge is 0.496 e. The molecule has 7 heteroatoms. The molecule has 0 saturated heterocycles. The van der Waals surface area contributed by atoms with E-state index in [1.807, 2.05) is 72.8 Å². The van der Waals surface area contributed by atoms with Crippen molar-refractivity contribution in [1.82, 2.24) is 4.57 Å². The van der Waals surface area contributed by atoms with E-state index in [-0.39, 0.29) is 12.2 Å². The van der Waals surface area contributed by atoms with Crippen LogP contribution in [0.15, 0.2) is 87.8 Å². The van der Waals surface area contributed by atoms with Gasteiger partial charge in [-0.1, -0.05) is 72.0 Å². The molecule has 0 unspecified atom stereocenters. The number of rotatable bonds is 5. The fourth-order valence-electron chi connectivity index (χ4n) is 4.48. The van der Waals surface area contributed by atoms with Crippen molar-refractivity contribution in [2.24, 2.45) is 4.99 Å². The van der Waals surface area contributed by atoms with E-state index < -0.39 is 12.0 Å². The number of carbonyl (C=O) groups is 1. The Labute approximate surface area is 206 Å². The quantitative estimate of drug-likeness (QED) is 0.402. The Morgan fingerprint density at radius 3 is 2.57 bits per heavy atom. The molecule has 0 radical (unpaired) electrons. The van der Waals surface area contributed by atoms with Crippen LogP contribution in [0.5, 0.6) is 5.75 Å². The van der Waals surface area contributed by atoms with E-state index in [1.54, 1.807) is 25.5 Å². The van der Waals surface area contributed by atoms with Crippen LogP contribution in [0.4, 0.5) is 0 Å². The lowest BCUT2D eigenvalue weighted by Crippen LogP contribution is -2.39. The number of ether oxygens (including phenoxy) is 2. The summed E-state index contributed by atoms with van der Waals surface area (Å²) in [4.78, 5) is 32.0. The number of aromatic nitrogens is 1. The molecule has 35 heavy (non-hydrogen) atoms. The summed E-state index contributed by atoms with van der Waals surface area (Å²) in [6.07, 6.45) is 1.86. The Morgan fingerprint density at radius 1 is 1.09 bits per heavy atom. The van der Waals surface area contributed by atoms with E-state index in [0.29, 0.717) is 26.4 Å². The average Bonchev–Trinajstić information content (AvgIpc) is 3.18. The van der Waals surface area contributed by atoms with Crippen molar-refractivity contribution in [3.8, 4) is 5.75 Å². The minimum absolute atomic E-state index is 0.216. The van der Waals surface area contributed by atoms with Crippen LogP contribution < -0.4 is 19.6 Å². The van der Waals surface area contributed by atoms with Crippen LogP contribution in [0.3, 0.4) is 0 Å². The number of esters is 1. The van der Waals surface area contributed by atoms with Gasteiger partial charge in [0.1, 0.15) is 5.75 Å². The molecule has 4 aromatic rings. The highest BCUT2D eigenvalue weighted by atomic mass is 32.1. The molecule has 0 amide bonds. The van der Waals surface area contributed by atoms with E-state index >= 15 is 0 Å². The maximum atomic E-state index is 13.8. The second-order valence-corrected chi connectivity index (χ2v) is 9.12. The molecule has 1 atom stereocenters. The molecule has 1 aromatic heterocycles. The Kier molecular flexibility index (Phi) is 6.09. The fourth-order valence-corrected chi connectivity index (χ4v) is 5.50. The van der Waals surface area contributed by atoms with Crippen LogP contribution in [0.1, 0.15) is 31.0 Å². The van der Waals surface area contributed by atoms with E-state index in [4.69, 9.17) is 9.47 Å². The molecule has 1 aliphatic rings. The minimum atomic E-state index is -0.622. The number of methoxy groups -OCH3 is 1. The highest BCUT2D eigenvalue weighted by molar-refractivity contribution is 7.07. The minimum Gasteiger partial charge on any atom is -0.496 e. The van der Waals surface area contributed by atoms with Crippen LogP contribution in [-0.4, -0.2) is 24.3 Å². The van der Waals surface area contributed by atoms with E-state index in [9.17, 15) is 9.59 Å². The first-order valence-electron chi connectivity index (χ1n) is 11.3. The number of thiazole rings is 1. The summed E-state index contributed by atoms with van der Waals surface area (Å²) in [6.45, 7) is 3.79. The monoisotopic (exact) mass is 484 g/mol. The maximum absolute atomic E-state index is 13.8. The molecule has 6 nitrogen and oxygen atoms in total. The van der Waals surface area contributed by atoms with Crippen LogP contribution in [0, 0.1) is 0 Å². The lowest BCUT2D eigenvalue weighted by Gasteiger charge is -2.24. The molecule has 5 rings (SSSR count). The first-order valence-corrected chi connectivity index (χ1v) is 12.2. The van der Waals surface area contributed by atoms with Crippen LogP contribution in [0.2, 0.25) is 0 Å². The van der Waals surface area contributed by atoms with Crippen LogP contribution in [0.25, 0.3) is 16.8 Å². The molecule has 176 valence electrons. The number of fused-ring (bicyclic) bond motifs is 2. The highest BCUT2D eigenvalue weighted by Crippen LogP contribution is 2.31. The number of nitrogens with zero attached hydrogens (tertiary/aromatic N) is 2. The van der Waals surface area contributed by atoms with E-state index in [1.165, 1.54) is 11.3 Å². The molecule has 0 bridgehead atoms. The molecule has 0 N–H and O–H groups in total. The lowest BCUT2D eigenvalue weighted by molar-refractivity contribution is -0.139. The molecule has 0 aliphatic carbocycles. The molecular formula is C28H24N2O4S. The standard InChI is InChI=1S/C28H24N2O4S/c1-4-34-27(32)24-17(2)29-28-30(25(24)19-11-6-5-7-12-19)26(31)23(35-28)16-21-20-13-9-8-10-18(20)14-15-22(21)33-3/h5-16,25H,4H2,1-3H3/b23-16-/t25-/m0/s1. The number of carbonyl (C=O) groups excluding carboxylic acids is 1. The summed E-state index contributed by atoms with van der Waals surface area (Å²) < 4.78 is 13.1. The summed E-state index contributed by atoms with van der Waals surface area (Å²) in [6, 6.07) is 20.8. The molecule has 0 fully saturated rings. The molecule has 3 aromatic carbocycles. The van der Waals surface area contributed by atoms with E-state index in [2.05, 4.69) is 4.99 Å². The van der Waals surface area contributed by atoms with Crippen molar-refractivity contribution < 1.29 is 14.3 Å². The Balaban J connectivity index is 1.78. The van der Waals surface area contributed by atoms with Gasteiger partial charge in [0.15, 0.2) is 4.80 Å². The SMILES string of the molecule is CCOC(=O)C1=C(C)N=c2s/c(=C\c3c(OC)ccc4ccccc34)c(=O)n2[C@H]1c1ccccc1. The smallest absolute Gasteiger partial charge is 0.338 e. The molecule has 0 spiro atoms. The van der Waals surface area contributed by atoms with Crippen molar-refractivity contribution in [3.63, 3.8) is 0 Å². The zero-order valence-corrected chi connectivity index (χ0v) is 20.5. The van der Waals surface area contributed by atoms with Gasteiger partial charge in [0, 0.05) is 5.56 Å². The normalized spacial score (nSPS) is 15.6. The topological polar surface area (TPSA) is 69.9 Å². The predicted molar refractivity (Wildman–Crippen MR) is 137 cm³/mol. The van der Waals surface area contributed by atoms with Gasteiger partial charge in [-0.15, -0.1) is 0 Å². The van der Waals surface area contributed by atoms with Crippen LogP contribution in [-0.2, 0) is 9.53 Å². The molecule has 2 heterocycles. The van der Waals surface area contributed by atoms with Crippen molar-refractivity contribution in [3.05, 3.63) is 109 Å². The van der Waals surface area contributed by atoms with Crippen molar-refractivity contribution in [2.45, 2.75) is 19.9 Å². The predicted octanol–water partition coefficient (Wildman–Crippen LogP) is 3.96. The van der Waals surface area contributed by atoms with Crippen LogP contribution >= 0.6 is 11.3 Å². The van der Waals surface area contributed by atoms with Gasteiger partial charge in [0.05, 0.1) is 35.6 Å². The summed E-state index contributed by atoms with van der Waals surface area (Å²) in [5.41, 5.74) is 2.35. The molecule has 0 saturated carbocycles. The third-order valence-electron chi connectivity index (χ3n) is 6.06. The van der Waals surface area contributed by atoms with Gasteiger partial charge in [0.25, 0.3) is 5.56 Å². The summed E-state index contributed by atoms with van der Waals surface area (Å²) in [7, 11) is 1.62. The number of benzene rings is 3. The Hall–Kier alpha value is -3.97. The average molecular weight is 485 g/mol. The summed E-state index contributed by atoms with van der Waals surface area (Å²) in [5.74, 6) is 0.213. The van der Waals surface area contributed by atoms with Gasteiger partial charge in [-0.25, -0.2) is 9.79 Å². The first kappa shape index (κ1) is 22.8. The third kappa shape index (κ3) is 3.98. The van der Waals surface area contributed by atoms with Gasteiger partial charge in [-0.05, 0) is 42.3 Å². The Morgan fingerprint density at radius 2 is 1.83 bits per heavy atom. The van der Waals surface area contributed by atoms with Crippen molar-refractivity contribution >= 4 is 34.2 Å². The zero-order chi connectivity index (χ0) is 24.5. The fraction of sp³-hybridized carbons (Fsp3) is 0.179. The Bertz CT molecular complexity index is 1650. The van der Waals surface area contributed by atoms with Gasteiger partial charge >= 0.3 is 5.97 Å². The summed E-state index contributed by atoms with van der Waals surface area (Å²) in [5, 5.41) is 2.04. The van der Waals surface area contributed by atoms with Gasteiger partial charge < -0.3 is 9.47 Å². The van der Waals surface area contributed by atoms with Gasteiger partial charge in [0.2, 0.25) is 0 Å². The summed E-state index contributed by atoms with van der Waals surface area (Å²) >= 11 is 1.30. The number of hydrogen-bond acceptors (Lipinski definition) is 6. The van der Waals surface area contributed by atoms with Crippen molar-refractivity contribution in [1.29, 1.82) is 0 Å². The maximum Gasteiger partial charge on any atom is 0.338 e. The third-order valence-corrected chi connectivity index (χ3v) is 7.04. The second-order valence-electron chi connectivity index (χ2n) is 8.12. The number of hydrogen-bond donors (Lipinski definition) is 0. The van der Waals surface area contributed by atoms with Crippen molar-refractivity contribution in [2.75, 3.05) is 13.7 Å². The first-order chi connectivity index (χ1) is 17.0. The molecule has 1 aliphatic heterocycles. The zero-order valence-electron chi connectivity index (χ0n) is 19.6. The molecular weight excluding hydrogens is 460 g/mol. The second kappa shape index (κ2) is 9.35. The van der Waals surface area contributed by atoms with Gasteiger partial charge in [-0.2, -0.15) is 0 Å². The lowest BCUT2D eigenvalue weighted by atomic mass is 9.96.